The molecule has 1 amide bonds. The number of Topliss-reactive ketones (excluding diaryl/α,β-unsaturated/α-hetero) is 1. The van der Waals surface area contributed by atoms with Gasteiger partial charge in [0.1, 0.15) is 17.6 Å². The maximum atomic E-state index is 13.2. The van der Waals surface area contributed by atoms with Crippen molar-refractivity contribution in [3.8, 4) is 5.75 Å². The lowest BCUT2D eigenvalue weighted by Crippen LogP contribution is -2.30. The van der Waals surface area contributed by atoms with Crippen LogP contribution < -0.4 is 4.74 Å². The highest BCUT2D eigenvalue weighted by atomic mass is 16.5. The second-order valence-electron chi connectivity index (χ2n) is 8.66. The molecule has 2 aliphatic heterocycles. The van der Waals surface area contributed by atoms with Crippen molar-refractivity contribution in [2.75, 3.05) is 6.54 Å². The van der Waals surface area contributed by atoms with Crippen LogP contribution in [-0.2, 0) is 23.1 Å². The number of amides is 1. The van der Waals surface area contributed by atoms with Crippen molar-refractivity contribution < 1.29 is 19.4 Å². The van der Waals surface area contributed by atoms with E-state index in [9.17, 15) is 14.7 Å². The van der Waals surface area contributed by atoms with Gasteiger partial charge in [-0.05, 0) is 43.2 Å². The van der Waals surface area contributed by atoms with Gasteiger partial charge in [0, 0.05) is 48.2 Å². The molecule has 2 unspecified atom stereocenters. The minimum atomic E-state index is -0.640. The molecule has 0 spiro atoms. The van der Waals surface area contributed by atoms with Gasteiger partial charge in [-0.25, -0.2) is 0 Å². The summed E-state index contributed by atoms with van der Waals surface area (Å²) in [7, 11) is 1.94. The number of aliphatic hydroxyl groups excluding tert-OH is 1. The number of nitrogens with zero attached hydrogens (tertiary/aromatic N) is 2. The predicted octanol–water partition coefficient (Wildman–Crippen LogP) is 4.33. The molecule has 3 heterocycles. The maximum absolute atomic E-state index is 13.2. The van der Waals surface area contributed by atoms with E-state index < -0.39 is 17.7 Å². The number of ether oxygens (including phenoxy) is 1. The summed E-state index contributed by atoms with van der Waals surface area (Å²) in [5.41, 5.74) is 3.52. The van der Waals surface area contributed by atoms with E-state index >= 15 is 0 Å². The molecule has 0 aliphatic carbocycles. The largest absolute Gasteiger partial charge is 0.507 e. The summed E-state index contributed by atoms with van der Waals surface area (Å²) in [6, 6.07) is 12.7. The zero-order chi connectivity index (χ0) is 22.6. The number of aliphatic hydroxyl groups is 1. The first-order valence-corrected chi connectivity index (χ1v) is 11.0. The van der Waals surface area contributed by atoms with Gasteiger partial charge in [-0.2, -0.15) is 0 Å². The Morgan fingerprint density at radius 1 is 1.19 bits per heavy atom. The summed E-state index contributed by atoms with van der Waals surface area (Å²) < 4.78 is 7.76. The van der Waals surface area contributed by atoms with Crippen molar-refractivity contribution in [1.29, 1.82) is 0 Å². The molecule has 0 saturated carbocycles. The molecule has 2 aromatic carbocycles. The molecule has 1 fully saturated rings. The summed E-state index contributed by atoms with van der Waals surface area (Å²) in [6.07, 6.45) is 3.48. The Kier molecular flexibility index (Phi) is 4.81. The lowest BCUT2D eigenvalue weighted by atomic mass is 9.94. The standard InChI is InChI=1S/C26H26N2O4/c1-4-11-28-23(19-14-27(3)20-8-6-5-7-18(19)20)22(25(30)26(28)31)24(29)16-9-10-21-17(13-16)12-15(2)32-21/h5-10,13-15,23,29H,4,11-12H2,1-3H3/b24-22+. The first kappa shape index (κ1) is 20.4. The third kappa shape index (κ3) is 3.01. The Balaban J connectivity index is 1.71. The molecule has 6 heteroatoms. The summed E-state index contributed by atoms with van der Waals surface area (Å²) in [4.78, 5) is 27.8. The van der Waals surface area contributed by atoms with Gasteiger partial charge in [0.05, 0.1) is 11.6 Å². The van der Waals surface area contributed by atoms with Gasteiger partial charge in [-0.15, -0.1) is 0 Å². The fourth-order valence-electron chi connectivity index (χ4n) is 4.99. The van der Waals surface area contributed by atoms with Crippen molar-refractivity contribution in [3.63, 3.8) is 0 Å². The summed E-state index contributed by atoms with van der Waals surface area (Å²) in [5.74, 6) is -0.545. The second-order valence-corrected chi connectivity index (χ2v) is 8.66. The molecule has 32 heavy (non-hydrogen) atoms. The van der Waals surface area contributed by atoms with Gasteiger partial charge in [-0.1, -0.05) is 25.1 Å². The topological polar surface area (TPSA) is 71.8 Å². The number of hydrogen-bond donors (Lipinski definition) is 1. The normalized spacial score (nSPS) is 21.9. The first-order chi connectivity index (χ1) is 15.4. The zero-order valence-electron chi connectivity index (χ0n) is 18.5. The van der Waals surface area contributed by atoms with E-state index in [2.05, 4.69) is 0 Å². The van der Waals surface area contributed by atoms with Crippen LogP contribution in [-0.4, -0.2) is 38.9 Å². The van der Waals surface area contributed by atoms with Crippen LogP contribution in [0.5, 0.6) is 5.75 Å². The van der Waals surface area contributed by atoms with Crippen LogP contribution in [0.15, 0.2) is 54.2 Å². The number of para-hydroxylation sites is 1. The highest BCUT2D eigenvalue weighted by Crippen LogP contribution is 2.43. The molecule has 3 aromatic rings. The Labute approximate surface area is 186 Å². The Bertz CT molecular complexity index is 1290. The minimum Gasteiger partial charge on any atom is -0.507 e. The van der Waals surface area contributed by atoms with Crippen molar-refractivity contribution >= 4 is 28.4 Å². The molecule has 2 atom stereocenters. The van der Waals surface area contributed by atoms with E-state index in [0.717, 1.165) is 34.2 Å². The SMILES string of the molecule is CCCN1C(=O)C(=O)/C(=C(/O)c2ccc3c(c2)CC(C)O3)C1c1cn(C)c2ccccc12. The van der Waals surface area contributed by atoms with Gasteiger partial charge in [0.2, 0.25) is 0 Å². The number of aromatic nitrogens is 1. The second kappa shape index (κ2) is 7.55. The third-order valence-electron chi connectivity index (χ3n) is 6.40. The molecular formula is C26H26N2O4. The molecule has 2 aliphatic rings. The monoisotopic (exact) mass is 430 g/mol. The highest BCUT2D eigenvalue weighted by Gasteiger charge is 2.46. The van der Waals surface area contributed by atoms with Gasteiger partial charge in [0.25, 0.3) is 11.7 Å². The third-order valence-corrected chi connectivity index (χ3v) is 6.40. The molecule has 5 rings (SSSR count). The Morgan fingerprint density at radius 2 is 1.97 bits per heavy atom. The van der Waals surface area contributed by atoms with Gasteiger partial charge < -0.3 is 19.3 Å². The Hall–Kier alpha value is -3.54. The number of ketones is 1. The maximum Gasteiger partial charge on any atom is 0.295 e. The average Bonchev–Trinajstić information content (AvgIpc) is 3.40. The molecule has 0 radical (unpaired) electrons. The summed E-state index contributed by atoms with van der Waals surface area (Å²) >= 11 is 0. The predicted molar refractivity (Wildman–Crippen MR) is 122 cm³/mol. The molecular weight excluding hydrogens is 404 g/mol. The number of likely N-dealkylation sites (tertiary alicyclic amines) is 1. The number of fused-ring (bicyclic) bond motifs is 2. The smallest absolute Gasteiger partial charge is 0.295 e. The number of carbonyl (C=O) groups excluding carboxylic acids is 2. The Morgan fingerprint density at radius 3 is 2.75 bits per heavy atom. The van der Waals surface area contributed by atoms with Crippen LogP contribution in [0.1, 0.15) is 43.0 Å². The van der Waals surface area contributed by atoms with E-state index in [1.165, 1.54) is 0 Å². The average molecular weight is 431 g/mol. The number of benzene rings is 2. The quantitative estimate of drug-likeness (QED) is 0.380. The van der Waals surface area contributed by atoms with Crippen molar-refractivity contribution in [3.05, 3.63) is 70.9 Å². The number of hydrogen-bond acceptors (Lipinski definition) is 4. The molecule has 0 bridgehead atoms. The van der Waals surface area contributed by atoms with Crippen LogP contribution in [0.4, 0.5) is 0 Å². The van der Waals surface area contributed by atoms with E-state index in [-0.39, 0.29) is 17.4 Å². The molecule has 1 N–H and O–H groups in total. The summed E-state index contributed by atoms with van der Waals surface area (Å²) in [5, 5.41) is 12.3. The molecule has 1 aromatic heterocycles. The fourth-order valence-corrected chi connectivity index (χ4v) is 4.99. The van der Waals surface area contributed by atoms with Crippen LogP contribution >= 0.6 is 0 Å². The van der Waals surface area contributed by atoms with E-state index in [1.54, 1.807) is 11.0 Å². The summed E-state index contributed by atoms with van der Waals surface area (Å²) in [6.45, 7) is 4.41. The fraction of sp³-hybridized carbons (Fsp3) is 0.308. The van der Waals surface area contributed by atoms with Gasteiger partial charge >= 0.3 is 0 Å². The van der Waals surface area contributed by atoms with Crippen LogP contribution in [0.2, 0.25) is 0 Å². The lowest BCUT2D eigenvalue weighted by Gasteiger charge is -2.24. The van der Waals surface area contributed by atoms with E-state index in [1.807, 2.05) is 68.1 Å². The lowest BCUT2D eigenvalue weighted by molar-refractivity contribution is -0.139. The van der Waals surface area contributed by atoms with Crippen LogP contribution in [0.3, 0.4) is 0 Å². The first-order valence-electron chi connectivity index (χ1n) is 11.0. The molecule has 6 nitrogen and oxygen atoms in total. The van der Waals surface area contributed by atoms with Crippen LogP contribution in [0, 0.1) is 0 Å². The van der Waals surface area contributed by atoms with Crippen LogP contribution in [0.25, 0.3) is 16.7 Å². The van der Waals surface area contributed by atoms with E-state index in [0.29, 0.717) is 18.5 Å². The van der Waals surface area contributed by atoms with E-state index in [4.69, 9.17) is 4.74 Å². The van der Waals surface area contributed by atoms with Crippen molar-refractivity contribution in [1.82, 2.24) is 9.47 Å². The number of aryl methyl sites for hydroxylation is 1. The molecule has 164 valence electrons. The zero-order valence-corrected chi connectivity index (χ0v) is 18.5. The number of carbonyl (C=O) groups is 2. The minimum absolute atomic E-state index is 0.0770. The highest BCUT2D eigenvalue weighted by molar-refractivity contribution is 6.46. The molecule has 1 saturated heterocycles. The van der Waals surface area contributed by atoms with Gasteiger partial charge in [0.15, 0.2) is 0 Å². The van der Waals surface area contributed by atoms with Gasteiger partial charge in [-0.3, -0.25) is 9.59 Å². The number of rotatable bonds is 4. The van der Waals surface area contributed by atoms with Crippen molar-refractivity contribution in [2.45, 2.75) is 38.8 Å². The van der Waals surface area contributed by atoms with Crippen molar-refractivity contribution in [2.24, 2.45) is 7.05 Å².